The van der Waals surface area contributed by atoms with Crippen molar-refractivity contribution >= 4 is 28.4 Å². The Bertz CT molecular complexity index is 821. The fourth-order valence-electron chi connectivity index (χ4n) is 2.88. The first kappa shape index (κ1) is 18.4. The van der Waals surface area contributed by atoms with E-state index in [0.29, 0.717) is 23.7 Å². The molecule has 1 aliphatic rings. The summed E-state index contributed by atoms with van der Waals surface area (Å²) in [5.74, 6) is 0.771. The fourth-order valence-corrected chi connectivity index (χ4v) is 3.70. The van der Waals surface area contributed by atoms with Crippen LogP contribution in [0.1, 0.15) is 12.5 Å². The molecule has 0 aliphatic carbocycles. The minimum absolute atomic E-state index is 0.194. The van der Waals surface area contributed by atoms with Crippen molar-refractivity contribution in [1.29, 1.82) is 0 Å². The molecule has 1 unspecified atom stereocenters. The zero-order valence-electron chi connectivity index (χ0n) is 15.2. The zero-order valence-corrected chi connectivity index (χ0v) is 16.0. The van der Waals surface area contributed by atoms with Crippen molar-refractivity contribution < 1.29 is 13.7 Å². The standard InChI is InChI=1S/C19H23N3O3S/c1-4-25-16-8-6-15(7-9-16)20-19(23)22-12-11-14-5-10-17(13-18(14)22)26(24)21(2)3/h5-10,13H,4,11-12H2,1-3H3,(H,20,23). The maximum absolute atomic E-state index is 12.7. The summed E-state index contributed by atoms with van der Waals surface area (Å²) in [4.78, 5) is 15.1. The number of carbonyl (C=O) groups excluding carboxylic acids is 1. The number of ether oxygens (including phenoxy) is 1. The third-order valence-electron chi connectivity index (χ3n) is 4.15. The highest BCUT2D eigenvalue weighted by molar-refractivity contribution is 7.82. The molecule has 0 spiro atoms. The summed E-state index contributed by atoms with van der Waals surface area (Å²) in [5.41, 5.74) is 2.62. The second-order valence-corrected chi connectivity index (χ2v) is 7.84. The number of rotatable bonds is 5. The maximum atomic E-state index is 12.7. The van der Waals surface area contributed by atoms with E-state index in [9.17, 15) is 9.00 Å². The Morgan fingerprint density at radius 1 is 1.23 bits per heavy atom. The molecule has 0 aromatic heterocycles. The highest BCUT2D eigenvalue weighted by atomic mass is 32.2. The number of urea groups is 1. The van der Waals surface area contributed by atoms with Gasteiger partial charge in [-0.1, -0.05) is 6.07 Å². The van der Waals surface area contributed by atoms with Gasteiger partial charge in [-0.25, -0.2) is 13.3 Å². The Labute approximate surface area is 156 Å². The summed E-state index contributed by atoms with van der Waals surface area (Å²) in [6, 6.07) is 12.8. The summed E-state index contributed by atoms with van der Waals surface area (Å²) in [6.07, 6.45) is 0.793. The molecule has 0 fully saturated rings. The van der Waals surface area contributed by atoms with Gasteiger partial charge in [-0.2, -0.15) is 0 Å². The average Bonchev–Trinajstić information content (AvgIpc) is 3.06. The van der Waals surface area contributed by atoms with E-state index in [1.165, 1.54) is 0 Å². The van der Waals surface area contributed by atoms with Gasteiger partial charge in [-0.3, -0.25) is 4.90 Å². The second kappa shape index (κ2) is 7.88. The van der Waals surface area contributed by atoms with Crippen molar-refractivity contribution in [2.45, 2.75) is 18.2 Å². The summed E-state index contributed by atoms with van der Waals surface area (Å²) in [5, 5.41) is 2.91. The molecule has 7 heteroatoms. The Kier molecular flexibility index (Phi) is 5.58. The number of anilines is 2. The molecule has 0 radical (unpaired) electrons. The van der Waals surface area contributed by atoms with Crippen molar-refractivity contribution in [2.24, 2.45) is 0 Å². The van der Waals surface area contributed by atoms with Gasteiger partial charge in [-0.05, 0) is 69.4 Å². The Hall–Kier alpha value is -2.38. The molecule has 26 heavy (non-hydrogen) atoms. The van der Waals surface area contributed by atoms with E-state index >= 15 is 0 Å². The van der Waals surface area contributed by atoms with Crippen LogP contribution in [0.5, 0.6) is 5.75 Å². The second-order valence-electron chi connectivity index (χ2n) is 6.14. The monoisotopic (exact) mass is 373 g/mol. The molecule has 1 aliphatic heterocycles. The van der Waals surface area contributed by atoms with Gasteiger partial charge in [0, 0.05) is 17.9 Å². The summed E-state index contributed by atoms with van der Waals surface area (Å²) in [6.45, 7) is 3.14. The van der Waals surface area contributed by atoms with E-state index in [-0.39, 0.29) is 6.03 Å². The molecule has 0 bridgehead atoms. The molecule has 0 saturated carbocycles. The lowest BCUT2D eigenvalue weighted by atomic mass is 10.2. The molecule has 1 N–H and O–H groups in total. The van der Waals surface area contributed by atoms with Crippen molar-refractivity contribution in [1.82, 2.24) is 4.31 Å². The molecule has 6 nitrogen and oxygen atoms in total. The number of nitrogens with one attached hydrogen (secondary N) is 1. The lowest BCUT2D eigenvalue weighted by Gasteiger charge is -2.19. The van der Waals surface area contributed by atoms with Crippen molar-refractivity contribution in [3.8, 4) is 5.75 Å². The van der Waals surface area contributed by atoms with Crippen LogP contribution in [0.3, 0.4) is 0 Å². The lowest BCUT2D eigenvalue weighted by Crippen LogP contribution is -2.33. The van der Waals surface area contributed by atoms with Gasteiger partial charge in [0.05, 0.1) is 11.5 Å². The third-order valence-corrected chi connectivity index (χ3v) is 5.47. The minimum atomic E-state index is -1.24. The molecular formula is C19H23N3O3S. The molecule has 1 heterocycles. The van der Waals surface area contributed by atoms with Crippen molar-refractivity contribution in [3.63, 3.8) is 0 Å². The largest absolute Gasteiger partial charge is 0.494 e. The smallest absolute Gasteiger partial charge is 0.326 e. The Morgan fingerprint density at radius 2 is 1.96 bits per heavy atom. The van der Waals surface area contributed by atoms with Crippen LogP contribution in [0.15, 0.2) is 47.4 Å². The first-order valence-corrected chi connectivity index (χ1v) is 9.63. The van der Waals surface area contributed by atoms with Crippen LogP contribution in [-0.4, -0.2) is 41.8 Å². The zero-order chi connectivity index (χ0) is 18.7. The molecule has 2 aromatic rings. The molecule has 2 aromatic carbocycles. The normalized spacial score (nSPS) is 14.2. The van der Waals surface area contributed by atoms with Gasteiger partial charge < -0.3 is 10.1 Å². The minimum Gasteiger partial charge on any atom is -0.494 e. The SMILES string of the molecule is CCOc1ccc(NC(=O)N2CCc3ccc(S(=O)N(C)C)cc32)cc1. The van der Waals surface area contributed by atoms with Crippen LogP contribution in [0.2, 0.25) is 0 Å². The first-order chi connectivity index (χ1) is 12.5. The summed E-state index contributed by atoms with van der Waals surface area (Å²) < 4.78 is 19.4. The van der Waals surface area contributed by atoms with E-state index in [4.69, 9.17) is 4.74 Å². The van der Waals surface area contributed by atoms with Crippen LogP contribution in [0, 0.1) is 0 Å². The van der Waals surface area contributed by atoms with Gasteiger partial charge in [0.25, 0.3) is 0 Å². The van der Waals surface area contributed by atoms with Crippen molar-refractivity contribution in [3.05, 3.63) is 48.0 Å². The number of carbonyl (C=O) groups is 1. The topological polar surface area (TPSA) is 61.9 Å². The molecular weight excluding hydrogens is 350 g/mol. The average molecular weight is 373 g/mol. The van der Waals surface area contributed by atoms with E-state index in [1.54, 1.807) is 23.3 Å². The number of benzene rings is 2. The summed E-state index contributed by atoms with van der Waals surface area (Å²) in [7, 11) is 2.29. The molecule has 3 rings (SSSR count). The van der Waals surface area contributed by atoms with Crippen molar-refractivity contribution in [2.75, 3.05) is 37.5 Å². The lowest BCUT2D eigenvalue weighted by molar-refractivity contribution is 0.257. The van der Waals surface area contributed by atoms with E-state index < -0.39 is 11.0 Å². The molecule has 1 atom stereocenters. The van der Waals surface area contributed by atoms with Gasteiger partial charge in [0.2, 0.25) is 0 Å². The van der Waals surface area contributed by atoms with Crippen LogP contribution < -0.4 is 15.0 Å². The van der Waals surface area contributed by atoms with Crippen LogP contribution in [-0.2, 0) is 17.4 Å². The number of nitrogens with zero attached hydrogens (tertiary/aromatic N) is 2. The Morgan fingerprint density at radius 3 is 2.62 bits per heavy atom. The van der Waals surface area contributed by atoms with E-state index in [1.807, 2.05) is 49.4 Å². The predicted molar refractivity (Wildman–Crippen MR) is 104 cm³/mol. The van der Waals surface area contributed by atoms with Gasteiger partial charge in [0.1, 0.15) is 16.7 Å². The van der Waals surface area contributed by atoms with E-state index in [0.717, 1.165) is 23.4 Å². The number of fused-ring (bicyclic) bond motifs is 1. The van der Waals surface area contributed by atoms with Crippen LogP contribution in [0.4, 0.5) is 16.2 Å². The Balaban J connectivity index is 1.76. The number of hydrogen-bond donors (Lipinski definition) is 1. The number of hydrogen-bond acceptors (Lipinski definition) is 3. The first-order valence-electron chi connectivity index (χ1n) is 8.53. The van der Waals surface area contributed by atoms with Gasteiger partial charge in [-0.15, -0.1) is 0 Å². The summed E-state index contributed by atoms with van der Waals surface area (Å²) >= 11 is 0. The van der Waals surface area contributed by atoms with Gasteiger partial charge in [0.15, 0.2) is 0 Å². The van der Waals surface area contributed by atoms with Gasteiger partial charge >= 0.3 is 6.03 Å². The van der Waals surface area contributed by atoms with Crippen LogP contribution in [0.25, 0.3) is 0 Å². The molecule has 2 amide bonds. The quantitative estimate of drug-likeness (QED) is 0.875. The highest BCUT2D eigenvalue weighted by Gasteiger charge is 2.26. The molecule has 138 valence electrons. The molecule has 0 saturated heterocycles. The highest BCUT2D eigenvalue weighted by Crippen LogP contribution is 2.31. The maximum Gasteiger partial charge on any atom is 0.326 e. The van der Waals surface area contributed by atoms with E-state index in [2.05, 4.69) is 5.32 Å². The number of amides is 2. The fraction of sp³-hybridized carbons (Fsp3) is 0.316. The third kappa shape index (κ3) is 3.89. The predicted octanol–water partition coefficient (Wildman–Crippen LogP) is 3.26. The van der Waals surface area contributed by atoms with Crippen LogP contribution >= 0.6 is 0 Å².